The lowest BCUT2D eigenvalue weighted by atomic mass is 10.2. The van der Waals surface area contributed by atoms with E-state index in [4.69, 9.17) is 5.73 Å². The average Bonchev–Trinajstić information content (AvgIpc) is 2.85. The third-order valence-corrected chi connectivity index (χ3v) is 2.26. The molecule has 2 nitrogen and oxygen atoms in total. The lowest BCUT2D eigenvalue weighted by Gasteiger charge is -1.98. The molecule has 0 aliphatic heterocycles. The Bertz CT molecular complexity index is 338. The molecule has 0 aromatic heterocycles. The van der Waals surface area contributed by atoms with Gasteiger partial charge in [-0.25, -0.2) is 4.99 Å². The van der Waals surface area contributed by atoms with Gasteiger partial charge in [0.25, 0.3) is 0 Å². The Hall–Kier alpha value is -1.31. The van der Waals surface area contributed by atoms with Crippen LogP contribution in [0.2, 0.25) is 0 Å². The van der Waals surface area contributed by atoms with Gasteiger partial charge in [0.15, 0.2) is 0 Å². The molecule has 1 aliphatic carbocycles. The molecule has 1 aromatic rings. The minimum atomic E-state index is 0.556. The van der Waals surface area contributed by atoms with E-state index >= 15 is 0 Å². The third kappa shape index (κ3) is 2.08. The van der Waals surface area contributed by atoms with E-state index in [0.29, 0.717) is 5.92 Å². The summed E-state index contributed by atoms with van der Waals surface area (Å²) in [6, 6.07) is 8.11. The van der Waals surface area contributed by atoms with Crippen LogP contribution in [0, 0.1) is 12.8 Å². The maximum absolute atomic E-state index is 5.81. The first-order chi connectivity index (χ1) is 6.25. The summed E-state index contributed by atoms with van der Waals surface area (Å²) in [6.07, 6.45) is 2.42. The van der Waals surface area contributed by atoms with Crippen LogP contribution in [-0.2, 0) is 0 Å². The topological polar surface area (TPSA) is 38.4 Å². The van der Waals surface area contributed by atoms with Gasteiger partial charge in [0.2, 0.25) is 0 Å². The molecule has 0 spiro atoms. The molecule has 0 radical (unpaired) electrons. The number of aliphatic imine (C=N–C) groups is 1. The average molecular weight is 174 g/mol. The van der Waals surface area contributed by atoms with Crippen molar-refractivity contribution < 1.29 is 0 Å². The van der Waals surface area contributed by atoms with E-state index in [9.17, 15) is 0 Å². The molecule has 1 saturated carbocycles. The Morgan fingerprint density at radius 3 is 2.85 bits per heavy atom. The maximum atomic E-state index is 5.81. The van der Waals surface area contributed by atoms with Crippen LogP contribution in [0.4, 0.5) is 5.69 Å². The highest BCUT2D eigenvalue weighted by Crippen LogP contribution is 2.30. The van der Waals surface area contributed by atoms with Crippen LogP contribution < -0.4 is 5.73 Å². The summed E-state index contributed by atoms with van der Waals surface area (Å²) in [5.41, 5.74) is 8.01. The van der Waals surface area contributed by atoms with Crippen molar-refractivity contribution in [2.45, 2.75) is 19.8 Å². The highest BCUT2D eigenvalue weighted by Gasteiger charge is 2.25. The summed E-state index contributed by atoms with van der Waals surface area (Å²) in [5, 5.41) is 0. The number of nitrogens with two attached hydrogens (primary N) is 1. The van der Waals surface area contributed by atoms with Crippen molar-refractivity contribution in [1.82, 2.24) is 0 Å². The fourth-order valence-corrected chi connectivity index (χ4v) is 1.32. The number of hydrogen-bond donors (Lipinski definition) is 1. The Balaban J connectivity index is 2.20. The van der Waals surface area contributed by atoms with Crippen molar-refractivity contribution in [2.24, 2.45) is 16.6 Å². The monoisotopic (exact) mass is 174 g/mol. The second kappa shape index (κ2) is 3.21. The molecule has 0 amide bonds. The zero-order chi connectivity index (χ0) is 9.26. The van der Waals surface area contributed by atoms with E-state index < -0.39 is 0 Å². The molecule has 2 rings (SSSR count). The van der Waals surface area contributed by atoms with Gasteiger partial charge in [-0.05, 0) is 37.5 Å². The van der Waals surface area contributed by atoms with Crippen LogP contribution in [0.15, 0.2) is 29.3 Å². The molecule has 0 saturated heterocycles. The molecule has 2 heteroatoms. The van der Waals surface area contributed by atoms with Gasteiger partial charge in [-0.2, -0.15) is 0 Å². The summed E-state index contributed by atoms with van der Waals surface area (Å²) in [6.45, 7) is 2.06. The molecular weight excluding hydrogens is 160 g/mol. The van der Waals surface area contributed by atoms with Crippen molar-refractivity contribution in [1.29, 1.82) is 0 Å². The minimum Gasteiger partial charge on any atom is -0.387 e. The second-order valence-electron chi connectivity index (χ2n) is 3.65. The van der Waals surface area contributed by atoms with Crippen molar-refractivity contribution in [3.05, 3.63) is 29.8 Å². The molecule has 0 unspecified atom stereocenters. The quantitative estimate of drug-likeness (QED) is 0.542. The smallest absolute Gasteiger partial charge is 0.103 e. The molecule has 1 fully saturated rings. The Kier molecular flexibility index (Phi) is 2.05. The van der Waals surface area contributed by atoms with Crippen molar-refractivity contribution >= 4 is 11.5 Å². The van der Waals surface area contributed by atoms with Gasteiger partial charge < -0.3 is 5.73 Å². The lowest BCUT2D eigenvalue weighted by Crippen LogP contribution is -2.12. The first-order valence-electron chi connectivity index (χ1n) is 4.66. The fourth-order valence-electron chi connectivity index (χ4n) is 1.32. The van der Waals surface area contributed by atoms with E-state index in [0.717, 1.165) is 11.5 Å². The Morgan fingerprint density at radius 1 is 1.46 bits per heavy atom. The normalized spacial score (nSPS) is 17.5. The molecule has 13 heavy (non-hydrogen) atoms. The molecule has 68 valence electrons. The van der Waals surface area contributed by atoms with Gasteiger partial charge >= 0.3 is 0 Å². The molecule has 0 bridgehead atoms. The zero-order valence-electron chi connectivity index (χ0n) is 7.83. The van der Waals surface area contributed by atoms with E-state index in [2.05, 4.69) is 24.0 Å². The van der Waals surface area contributed by atoms with Gasteiger partial charge in [-0.1, -0.05) is 12.1 Å². The van der Waals surface area contributed by atoms with E-state index in [1.165, 1.54) is 18.4 Å². The van der Waals surface area contributed by atoms with Gasteiger partial charge in [0.1, 0.15) is 5.84 Å². The summed E-state index contributed by atoms with van der Waals surface area (Å²) in [5.74, 6) is 1.35. The Labute approximate surface area is 78.5 Å². The molecule has 1 aromatic carbocycles. The number of nitrogens with zero attached hydrogens (tertiary/aromatic N) is 1. The predicted molar refractivity (Wildman–Crippen MR) is 55.2 cm³/mol. The molecule has 0 heterocycles. The zero-order valence-corrected chi connectivity index (χ0v) is 7.83. The first-order valence-corrected chi connectivity index (χ1v) is 4.66. The summed E-state index contributed by atoms with van der Waals surface area (Å²) in [4.78, 5) is 4.38. The maximum Gasteiger partial charge on any atom is 0.103 e. The van der Waals surface area contributed by atoms with Crippen molar-refractivity contribution in [3.8, 4) is 0 Å². The summed E-state index contributed by atoms with van der Waals surface area (Å²) < 4.78 is 0. The van der Waals surface area contributed by atoms with E-state index in [-0.39, 0.29) is 0 Å². The number of aryl methyl sites for hydroxylation is 1. The summed E-state index contributed by atoms with van der Waals surface area (Å²) >= 11 is 0. The van der Waals surface area contributed by atoms with E-state index in [1.807, 2.05) is 12.1 Å². The van der Waals surface area contributed by atoms with Crippen LogP contribution in [-0.4, -0.2) is 5.84 Å². The third-order valence-electron chi connectivity index (χ3n) is 2.26. The fraction of sp³-hybridized carbons (Fsp3) is 0.364. The van der Waals surface area contributed by atoms with Crippen molar-refractivity contribution in [2.75, 3.05) is 0 Å². The van der Waals surface area contributed by atoms with E-state index in [1.54, 1.807) is 0 Å². The van der Waals surface area contributed by atoms with Crippen molar-refractivity contribution in [3.63, 3.8) is 0 Å². The van der Waals surface area contributed by atoms with Crippen LogP contribution >= 0.6 is 0 Å². The number of amidine groups is 1. The Morgan fingerprint density at radius 2 is 2.23 bits per heavy atom. The number of benzene rings is 1. The van der Waals surface area contributed by atoms with Crippen LogP contribution in [0.3, 0.4) is 0 Å². The predicted octanol–water partition coefficient (Wildman–Crippen LogP) is 2.39. The number of hydrogen-bond acceptors (Lipinski definition) is 1. The number of rotatable bonds is 2. The highest BCUT2D eigenvalue weighted by atomic mass is 14.9. The lowest BCUT2D eigenvalue weighted by molar-refractivity contribution is 1.15. The van der Waals surface area contributed by atoms with Gasteiger partial charge in [0, 0.05) is 5.92 Å². The van der Waals surface area contributed by atoms with Crippen LogP contribution in [0.5, 0.6) is 0 Å². The minimum absolute atomic E-state index is 0.556. The highest BCUT2D eigenvalue weighted by molar-refractivity contribution is 5.87. The van der Waals surface area contributed by atoms with Gasteiger partial charge in [0.05, 0.1) is 5.69 Å². The summed E-state index contributed by atoms with van der Waals surface area (Å²) in [7, 11) is 0. The largest absolute Gasteiger partial charge is 0.387 e. The standard InChI is InChI=1S/C11H14N2/c1-8-3-2-4-10(7-8)13-11(12)9-5-6-9/h2-4,7,9H,5-6H2,1H3,(H2,12,13). The van der Waals surface area contributed by atoms with Gasteiger partial charge in [-0.3, -0.25) is 0 Å². The van der Waals surface area contributed by atoms with Crippen LogP contribution in [0.1, 0.15) is 18.4 Å². The molecule has 1 aliphatic rings. The molecule has 0 atom stereocenters. The first kappa shape index (κ1) is 8.30. The van der Waals surface area contributed by atoms with Gasteiger partial charge in [-0.15, -0.1) is 0 Å². The van der Waals surface area contributed by atoms with Crippen LogP contribution in [0.25, 0.3) is 0 Å². The molecule has 2 N–H and O–H groups in total. The SMILES string of the molecule is Cc1cccc(N=C(N)C2CC2)c1. The molecular formula is C11H14N2. The second-order valence-corrected chi connectivity index (χ2v) is 3.65.